The lowest BCUT2D eigenvalue weighted by molar-refractivity contribution is -0.125. The molecule has 2 heterocycles. The minimum atomic E-state index is 0. The van der Waals surface area contributed by atoms with E-state index in [1.807, 2.05) is 0 Å². The first-order chi connectivity index (χ1) is 10.8. The molecule has 0 bridgehead atoms. The second-order valence-corrected chi connectivity index (χ2v) is 6.46. The number of amides is 1. The molecule has 1 aromatic rings. The van der Waals surface area contributed by atoms with E-state index in [9.17, 15) is 4.79 Å². The molecule has 128 valence electrons. The highest BCUT2D eigenvalue weighted by Crippen LogP contribution is 2.18. The molecule has 0 aliphatic carbocycles. The number of carbonyl (C=O) groups excluding carboxylic acids is 1. The molecule has 1 saturated heterocycles. The fraction of sp³-hybridized carbons (Fsp3) is 0.611. The van der Waals surface area contributed by atoms with Crippen LogP contribution in [0, 0.1) is 5.92 Å². The van der Waals surface area contributed by atoms with Gasteiger partial charge in [-0.1, -0.05) is 24.3 Å². The number of benzene rings is 1. The van der Waals surface area contributed by atoms with Crippen LogP contribution in [0.1, 0.15) is 30.4 Å². The Kier molecular flexibility index (Phi) is 7.34. The van der Waals surface area contributed by atoms with Crippen LogP contribution in [-0.4, -0.2) is 43.5 Å². The zero-order valence-electron chi connectivity index (χ0n) is 13.7. The molecular weight excluding hydrogens is 310 g/mol. The topological polar surface area (TPSA) is 44.4 Å². The molecule has 0 unspecified atom stereocenters. The zero-order valence-corrected chi connectivity index (χ0v) is 14.5. The monoisotopic (exact) mass is 337 g/mol. The van der Waals surface area contributed by atoms with Gasteiger partial charge in [-0.3, -0.25) is 9.69 Å². The first-order valence-corrected chi connectivity index (χ1v) is 8.60. The van der Waals surface area contributed by atoms with Gasteiger partial charge in [0.05, 0.1) is 0 Å². The summed E-state index contributed by atoms with van der Waals surface area (Å²) in [7, 11) is 0. The van der Waals surface area contributed by atoms with E-state index in [4.69, 9.17) is 0 Å². The Bertz CT molecular complexity index is 503. The van der Waals surface area contributed by atoms with E-state index in [1.165, 1.54) is 11.1 Å². The lowest BCUT2D eigenvalue weighted by Crippen LogP contribution is -2.39. The number of nitrogens with one attached hydrogen (secondary N) is 2. The third-order valence-corrected chi connectivity index (χ3v) is 4.87. The summed E-state index contributed by atoms with van der Waals surface area (Å²) >= 11 is 0. The summed E-state index contributed by atoms with van der Waals surface area (Å²) in [5.41, 5.74) is 2.96. The average Bonchev–Trinajstić information content (AvgIpc) is 2.59. The highest BCUT2D eigenvalue weighted by molar-refractivity contribution is 5.85. The number of rotatable bonds is 5. The van der Waals surface area contributed by atoms with Crippen LogP contribution >= 0.6 is 12.4 Å². The van der Waals surface area contributed by atoms with Gasteiger partial charge in [-0.2, -0.15) is 0 Å². The number of piperidine rings is 1. The third-order valence-electron chi connectivity index (χ3n) is 4.87. The molecule has 0 radical (unpaired) electrons. The number of hydrogen-bond donors (Lipinski definition) is 2. The molecule has 2 N–H and O–H groups in total. The molecule has 23 heavy (non-hydrogen) atoms. The third kappa shape index (κ3) is 5.20. The number of hydrogen-bond acceptors (Lipinski definition) is 3. The van der Waals surface area contributed by atoms with Crippen LogP contribution in [0.15, 0.2) is 24.3 Å². The summed E-state index contributed by atoms with van der Waals surface area (Å²) in [5, 5.41) is 6.42. The van der Waals surface area contributed by atoms with Crippen molar-refractivity contribution < 1.29 is 4.79 Å². The van der Waals surface area contributed by atoms with Gasteiger partial charge in [-0.05, 0) is 49.9 Å². The highest BCUT2D eigenvalue weighted by atomic mass is 35.5. The maximum atomic E-state index is 12.1. The van der Waals surface area contributed by atoms with Crippen LogP contribution in [0.3, 0.4) is 0 Å². The number of halogens is 1. The first kappa shape index (κ1) is 18.2. The molecule has 1 amide bonds. The van der Waals surface area contributed by atoms with E-state index >= 15 is 0 Å². The molecule has 1 fully saturated rings. The van der Waals surface area contributed by atoms with Gasteiger partial charge in [0.2, 0.25) is 5.91 Å². The van der Waals surface area contributed by atoms with Crippen molar-refractivity contribution in [1.82, 2.24) is 15.5 Å². The summed E-state index contributed by atoms with van der Waals surface area (Å²) < 4.78 is 0. The Labute approximate surface area is 145 Å². The van der Waals surface area contributed by atoms with Gasteiger partial charge in [0.15, 0.2) is 0 Å². The van der Waals surface area contributed by atoms with Gasteiger partial charge in [0, 0.05) is 32.1 Å². The maximum Gasteiger partial charge on any atom is 0.223 e. The highest BCUT2D eigenvalue weighted by Gasteiger charge is 2.20. The Balaban J connectivity index is 0.00000192. The fourth-order valence-corrected chi connectivity index (χ4v) is 3.49. The molecule has 2 aliphatic rings. The normalized spacial score (nSPS) is 18.8. The van der Waals surface area contributed by atoms with Crippen molar-refractivity contribution in [3.05, 3.63) is 35.4 Å². The van der Waals surface area contributed by atoms with E-state index in [2.05, 4.69) is 39.8 Å². The quantitative estimate of drug-likeness (QED) is 0.807. The zero-order chi connectivity index (χ0) is 15.2. The van der Waals surface area contributed by atoms with Crippen LogP contribution < -0.4 is 10.6 Å². The van der Waals surface area contributed by atoms with Crippen LogP contribution in [0.4, 0.5) is 0 Å². The summed E-state index contributed by atoms with van der Waals surface area (Å²) in [6, 6.07) is 8.73. The van der Waals surface area contributed by atoms with Crippen molar-refractivity contribution in [2.75, 3.05) is 32.7 Å². The molecule has 0 saturated carbocycles. The van der Waals surface area contributed by atoms with E-state index in [1.54, 1.807) is 0 Å². The summed E-state index contributed by atoms with van der Waals surface area (Å²) in [6.45, 7) is 6.02. The van der Waals surface area contributed by atoms with Gasteiger partial charge in [-0.15, -0.1) is 12.4 Å². The van der Waals surface area contributed by atoms with E-state index in [-0.39, 0.29) is 24.2 Å². The van der Waals surface area contributed by atoms with Crippen molar-refractivity contribution >= 4 is 18.3 Å². The summed E-state index contributed by atoms with van der Waals surface area (Å²) in [5.74, 6) is 0.480. The van der Waals surface area contributed by atoms with E-state index < -0.39 is 0 Å². The molecule has 0 spiro atoms. The van der Waals surface area contributed by atoms with E-state index in [0.29, 0.717) is 0 Å². The molecule has 5 heteroatoms. The first-order valence-electron chi connectivity index (χ1n) is 8.60. The van der Waals surface area contributed by atoms with Crippen LogP contribution in [-0.2, 0) is 17.8 Å². The molecule has 4 nitrogen and oxygen atoms in total. The SMILES string of the molecule is Cl.O=C(NCCCN1CCc2ccccc2C1)C1CCNCC1. The second kappa shape index (κ2) is 9.26. The second-order valence-electron chi connectivity index (χ2n) is 6.46. The summed E-state index contributed by atoms with van der Waals surface area (Å²) in [6.07, 6.45) is 4.15. The van der Waals surface area contributed by atoms with Gasteiger partial charge >= 0.3 is 0 Å². The van der Waals surface area contributed by atoms with Crippen molar-refractivity contribution in [3.8, 4) is 0 Å². The maximum absolute atomic E-state index is 12.1. The average molecular weight is 338 g/mol. The van der Waals surface area contributed by atoms with Crippen molar-refractivity contribution in [1.29, 1.82) is 0 Å². The lowest BCUT2D eigenvalue weighted by atomic mass is 9.97. The van der Waals surface area contributed by atoms with Crippen LogP contribution in [0.25, 0.3) is 0 Å². The van der Waals surface area contributed by atoms with Crippen LogP contribution in [0.5, 0.6) is 0 Å². The predicted octanol–water partition coefficient (Wildman–Crippen LogP) is 1.97. The Morgan fingerprint density at radius 2 is 1.96 bits per heavy atom. The predicted molar refractivity (Wildman–Crippen MR) is 95.9 cm³/mol. The molecule has 2 aliphatic heterocycles. The molecule has 0 aromatic heterocycles. The minimum Gasteiger partial charge on any atom is -0.356 e. The van der Waals surface area contributed by atoms with Crippen molar-refractivity contribution in [3.63, 3.8) is 0 Å². The molecule has 3 rings (SSSR count). The Morgan fingerprint density at radius 3 is 2.74 bits per heavy atom. The number of carbonyl (C=O) groups is 1. The minimum absolute atomic E-state index is 0. The lowest BCUT2D eigenvalue weighted by Gasteiger charge is -2.28. The summed E-state index contributed by atoms with van der Waals surface area (Å²) in [4.78, 5) is 14.6. The number of nitrogens with zero attached hydrogens (tertiary/aromatic N) is 1. The van der Waals surface area contributed by atoms with Crippen LogP contribution in [0.2, 0.25) is 0 Å². The fourth-order valence-electron chi connectivity index (χ4n) is 3.49. The van der Waals surface area contributed by atoms with Crippen molar-refractivity contribution in [2.45, 2.75) is 32.2 Å². The van der Waals surface area contributed by atoms with Crippen molar-refractivity contribution in [2.24, 2.45) is 5.92 Å². The van der Waals surface area contributed by atoms with Gasteiger partial charge in [-0.25, -0.2) is 0 Å². The Morgan fingerprint density at radius 1 is 1.22 bits per heavy atom. The standard InChI is InChI=1S/C18H27N3O.ClH/c22-18(16-6-10-19-11-7-16)20-9-3-12-21-13-8-15-4-1-2-5-17(15)14-21;/h1-2,4-5,16,19H,3,6-14H2,(H,20,22);1H. The Hall–Kier alpha value is -1.10. The largest absolute Gasteiger partial charge is 0.356 e. The molecule has 0 atom stereocenters. The van der Waals surface area contributed by atoms with Gasteiger partial charge in [0.25, 0.3) is 0 Å². The number of fused-ring (bicyclic) bond motifs is 1. The molecular formula is C18H28ClN3O. The van der Waals surface area contributed by atoms with Gasteiger partial charge < -0.3 is 10.6 Å². The molecule has 1 aromatic carbocycles. The van der Waals surface area contributed by atoms with Gasteiger partial charge in [0.1, 0.15) is 0 Å². The smallest absolute Gasteiger partial charge is 0.223 e. The van der Waals surface area contributed by atoms with E-state index in [0.717, 1.165) is 65.0 Å².